The molecular weight excluding hydrogens is 248 g/mol. The lowest BCUT2D eigenvalue weighted by atomic mass is 10.1. The normalized spacial score (nSPS) is 10.8. The van der Waals surface area contributed by atoms with Gasteiger partial charge >= 0.3 is 0 Å². The van der Waals surface area contributed by atoms with Crippen LogP contribution in [0, 0.1) is 6.92 Å². The second-order valence-electron chi connectivity index (χ2n) is 4.78. The van der Waals surface area contributed by atoms with Crippen LogP contribution in [0.2, 0.25) is 0 Å². The second-order valence-corrected chi connectivity index (χ2v) is 4.78. The molecule has 4 heteroatoms. The molecule has 4 nitrogen and oxygen atoms in total. The predicted molar refractivity (Wildman–Crippen MR) is 79.1 cm³/mol. The zero-order valence-corrected chi connectivity index (χ0v) is 11.4. The molecule has 3 rings (SSSR count). The van der Waals surface area contributed by atoms with Gasteiger partial charge in [0, 0.05) is 37.1 Å². The Morgan fingerprint density at radius 2 is 1.95 bits per heavy atom. The first-order chi connectivity index (χ1) is 9.81. The smallest absolute Gasteiger partial charge is 0.0724 e. The van der Waals surface area contributed by atoms with Crippen LogP contribution in [0.1, 0.15) is 17.0 Å². The molecule has 0 aliphatic carbocycles. The molecule has 1 aromatic carbocycles. The number of benzene rings is 1. The summed E-state index contributed by atoms with van der Waals surface area (Å²) in [7, 11) is 0. The van der Waals surface area contributed by atoms with E-state index in [9.17, 15) is 0 Å². The zero-order chi connectivity index (χ0) is 13.8. The second kappa shape index (κ2) is 5.75. The van der Waals surface area contributed by atoms with E-state index in [0.29, 0.717) is 0 Å². The van der Waals surface area contributed by atoms with E-state index < -0.39 is 0 Å². The lowest BCUT2D eigenvalue weighted by molar-refractivity contribution is 0.676. The van der Waals surface area contributed by atoms with Crippen LogP contribution < -0.4 is 5.32 Å². The van der Waals surface area contributed by atoms with Crippen molar-refractivity contribution in [2.24, 2.45) is 0 Å². The Balaban J connectivity index is 1.63. The van der Waals surface area contributed by atoms with Gasteiger partial charge in [-0.05, 0) is 30.7 Å². The third kappa shape index (κ3) is 2.97. The fourth-order valence-corrected chi connectivity index (χ4v) is 2.08. The minimum atomic E-state index is 0.721. The predicted octanol–water partition coefficient (Wildman–Crippen LogP) is 2.62. The molecule has 3 aromatic rings. The summed E-state index contributed by atoms with van der Waals surface area (Å²) in [5, 5.41) is 4.55. The Hall–Kier alpha value is -2.33. The number of fused-ring (bicyclic) bond motifs is 1. The average Bonchev–Trinajstić information content (AvgIpc) is 2.49. The molecule has 0 unspecified atom stereocenters. The van der Waals surface area contributed by atoms with Gasteiger partial charge in [-0.1, -0.05) is 12.1 Å². The Morgan fingerprint density at radius 3 is 2.80 bits per heavy atom. The van der Waals surface area contributed by atoms with Crippen LogP contribution in [0.4, 0.5) is 0 Å². The van der Waals surface area contributed by atoms with Crippen LogP contribution in [-0.4, -0.2) is 15.0 Å². The molecule has 1 N–H and O–H groups in total. The zero-order valence-electron chi connectivity index (χ0n) is 11.4. The summed E-state index contributed by atoms with van der Waals surface area (Å²) in [5.74, 6) is 0. The third-order valence-corrected chi connectivity index (χ3v) is 3.14. The fraction of sp³-hybridized carbons (Fsp3) is 0.188. The molecule has 0 aliphatic rings. The molecule has 0 fully saturated rings. The van der Waals surface area contributed by atoms with E-state index in [2.05, 4.69) is 44.5 Å². The molecule has 20 heavy (non-hydrogen) atoms. The number of hydrogen-bond donors (Lipinski definition) is 1. The van der Waals surface area contributed by atoms with Gasteiger partial charge in [-0.15, -0.1) is 0 Å². The summed E-state index contributed by atoms with van der Waals surface area (Å²) in [6, 6.07) is 10.4. The molecule has 0 aliphatic heterocycles. The average molecular weight is 264 g/mol. The quantitative estimate of drug-likeness (QED) is 0.787. The van der Waals surface area contributed by atoms with Crippen molar-refractivity contribution in [3.8, 4) is 0 Å². The van der Waals surface area contributed by atoms with Crippen LogP contribution in [0.5, 0.6) is 0 Å². The first kappa shape index (κ1) is 12.7. The minimum Gasteiger partial charge on any atom is -0.307 e. The first-order valence-corrected chi connectivity index (χ1v) is 6.63. The number of aryl methyl sites for hydroxylation is 1. The van der Waals surface area contributed by atoms with Crippen molar-refractivity contribution in [3.63, 3.8) is 0 Å². The summed E-state index contributed by atoms with van der Waals surface area (Å²) < 4.78 is 0. The molecular formula is C16H16N4. The van der Waals surface area contributed by atoms with Crippen LogP contribution >= 0.6 is 0 Å². The van der Waals surface area contributed by atoms with Gasteiger partial charge in [0.2, 0.25) is 0 Å². The topological polar surface area (TPSA) is 50.7 Å². The molecule has 0 saturated carbocycles. The maximum absolute atomic E-state index is 4.32. The van der Waals surface area contributed by atoms with Gasteiger partial charge in [-0.3, -0.25) is 15.0 Å². The molecule has 2 aromatic heterocycles. The van der Waals surface area contributed by atoms with Crippen LogP contribution in [0.3, 0.4) is 0 Å². The third-order valence-electron chi connectivity index (χ3n) is 3.14. The number of hydrogen-bond acceptors (Lipinski definition) is 4. The highest BCUT2D eigenvalue weighted by Gasteiger charge is 1.98. The SMILES string of the molecule is Cc1cnc(CNCc2ccc3ncccc3c2)cn1. The van der Waals surface area contributed by atoms with Crippen molar-refractivity contribution in [2.75, 3.05) is 0 Å². The highest BCUT2D eigenvalue weighted by Crippen LogP contribution is 2.13. The van der Waals surface area contributed by atoms with Crippen LogP contribution in [0.15, 0.2) is 48.9 Å². The highest BCUT2D eigenvalue weighted by atomic mass is 14.9. The van der Waals surface area contributed by atoms with Crippen molar-refractivity contribution in [2.45, 2.75) is 20.0 Å². The number of nitrogens with one attached hydrogen (secondary N) is 1. The summed E-state index contributed by atoms with van der Waals surface area (Å²) in [5.41, 5.74) is 4.17. The van der Waals surface area contributed by atoms with E-state index in [4.69, 9.17) is 0 Å². The van der Waals surface area contributed by atoms with Gasteiger partial charge in [0.15, 0.2) is 0 Å². The standard InChI is InChI=1S/C16H16N4/c1-12-8-20-15(11-19-12)10-17-9-13-4-5-16-14(7-13)3-2-6-18-16/h2-8,11,17H,9-10H2,1H3. The molecule has 0 bridgehead atoms. The van der Waals surface area contributed by atoms with Crippen molar-refractivity contribution in [1.29, 1.82) is 0 Å². The highest BCUT2D eigenvalue weighted by molar-refractivity contribution is 5.78. The molecule has 0 saturated heterocycles. The first-order valence-electron chi connectivity index (χ1n) is 6.63. The number of aromatic nitrogens is 3. The lowest BCUT2D eigenvalue weighted by Gasteiger charge is -2.06. The molecule has 0 radical (unpaired) electrons. The molecule has 0 atom stereocenters. The monoisotopic (exact) mass is 264 g/mol. The van der Waals surface area contributed by atoms with E-state index in [0.717, 1.165) is 30.0 Å². The van der Waals surface area contributed by atoms with E-state index in [1.54, 1.807) is 6.20 Å². The maximum Gasteiger partial charge on any atom is 0.0724 e. The largest absolute Gasteiger partial charge is 0.307 e. The Bertz CT molecular complexity index is 707. The van der Waals surface area contributed by atoms with E-state index in [1.807, 2.05) is 25.4 Å². The Kier molecular flexibility index (Phi) is 3.65. The number of rotatable bonds is 4. The molecule has 100 valence electrons. The van der Waals surface area contributed by atoms with Gasteiger partial charge in [-0.2, -0.15) is 0 Å². The fourth-order valence-electron chi connectivity index (χ4n) is 2.08. The summed E-state index contributed by atoms with van der Waals surface area (Å²) in [4.78, 5) is 12.9. The summed E-state index contributed by atoms with van der Waals surface area (Å²) >= 11 is 0. The van der Waals surface area contributed by atoms with Gasteiger partial charge in [0.25, 0.3) is 0 Å². The van der Waals surface area contributed by atoms with Crippen molar-refractivity contribution in [1.82, 2.24) is 20.3 Å². The van der Waals surface area contributed by atoms with Gasteiger partial charge in [-0.25, -0.2) is 0 Å². The molecule has 0 amide bonds. The summed E-state index contributed by atoms with van der Waals surface area (Å²) in [6.45, 7) is 3.46. The Labute approximate surface area is 117 Å². The lowest BCUT2D eigenvalue weighted by Crippen LogP contribution is -2.14. The van der Waals surface area contributed by atoms with Crippen molar-refractivity contribution < 1.29 is 0 Å². The van der Waals surface area contributed by atoms with E-state index in [-0.39, 0.29) is 0 Å². The van der Waals surface area contributed by atoms with Crippen molar-refractivity contribution in [3.05, 3.63) is 65.9 Å². The number of pyridine rings is 1. The van der Waals surface area contributed by atoms with Crippen LogP contribution in [0.25, 0.3) is 10.9 Å². The molecule has 2 heterocycles. The van der Waals surface area contributed by atoms with Gasteiger partial charge < -0.3 is 5.32 Å². The maximum atomic E-state index is 4.32. The van der Waals surface area contributed by atoms with Gasteiger partial charge in [0.1, 0.15) is 0 Å². The van der Waals surface area contributed by atoms with Crippen molar-refractivity contribution >= 4 is 10.9 Å². The van der Waals surface area contributed by atoms with Gasteiger partial charge in [0.05, 0.1) is 16.9 Å². The number of nitrogens with zero attached hydrogens (tertiary/aromatic N) is 3. The summed E-state index contributed by atoms with van der Waals surface area (Å²) in [6.07, 6.45) is 5.42. The molecule has 0 spiro atoms. The Morgan fingerprint density at radius 1 is 1.00 bits per heavy atom. The minimum absolute atomic E-state index is 0.721. The van der Waals surface area contributed by atoms with Crippen LogP contribution in [-0.2, 0) is 13.1 Å². The van der Waals surface area contributed by atoms with E-state index >= 15 is 0 Å². The van der Waals surface area contributed by atoms with E-state index in [1.165, 1.54) is 10.9 Å².